The van der Waals surface area contributed by atoms with Crippen molar-refractivity contribution in [1.82, 2.24) is 4.90 Å². The van der Waals surface area contributed by atoms with Crippen LogP contribution in [0, 0.1) is 0 Å². The molecule has 2 aliphatic heterocycles. The van der Waals surface area contributed by atoms with E-state index in [-0.39, 0.29) is 11.3 Å². The molecule has 2 aromatic rings. The third-order valence-electron chi connectivity index (χ3n) is 8.46. The Hall–Kier alpha value is -2.47. The van der Waals surface area contributed by atoms with Crippen molar-refractivity contribution >= 4 is 17.0 Å². The van der Waals surface area contributed by atoms with E-state index in [4.69, 9.17) is 4.74 Å². The van der Waals surface area contributed by atoms with E-state index in [1.807, 2.05) is 13.0 Å². The van der Waals surface area contributed by atoms with Crippen LogP contribution in [-0.4, -0.2) is 61.3 Å². The number of hydrogen-bond acceptors (Lipinski definition) is 5. The fourth-order valence-electron chi connectivity index (χ4n) is 6.40. The van der Waals surface area contributed by atoms with Gasteiger partial charge in [0.25, 0.3) is 0 Å². The number of carbonyl (C=O) groups is 1. The van der Waals surface area contributed by atoms with Crippen molar-refractivity contribution in [1.29, 1.82) is 0 Å². The first kappa shape index (κ1) is 23.0. The zero-order valence-electron chi connectivity index (χ0n) is 20.8. The van der Waals surface area contributed by atoms with Gasteiger partial charge >= 0.3 is 0 Å². The summed E-state index contributed by atoms with van der Waals surface area (Å²) in [6.07, 6.45) is 7.25. The number of fused-ring (bicyclic) bond motifs is 1. The Morgan fingerprint density at radius 3 is 2.57 bits per heavy atom. The molecule has 2 heterocycles. The van der Waals surface area contributed by atoms with Crippen molar-refractivity contribution in [3.05, 3.63) is 70.3 Å². The lowest BCUT2D eigenvalue weighted by Gasteiger charge is -2.35. The molecule has 0 aromatic heterocycles. The first-order valence-corrected chi connectivity index (χ1v) is 13.3. The minimum Gasteiger partial charge on any atom is -0.389 e. The van der Waals surface area contributed by atoms with Gasteiger partial charge in [0.1, 0.15) is 0 Å². The Labute approximate surface area is 208 Å². The van der Waals surface area contributed by atoms with E-state index in [0.29, 0.717) is 12.8 Å². The van der Waals surface area contributed by atoms with E-state index in [1.54, 1.807) is 0 Å². The van der Waals surface area contributed by atoms with Crippen LogP contribution < -0.4 is 4.90 Å². The second-order valence-electron chi connectivity index (χ2n) is 10.8. The molecule has 1 N–H and O–H groups in total. The normalized spacial score (nSPS) is 23.7. The Morgan fingerprint density at radius 2 is 1.83 bits per heavy atom. The van der Waals surface area contributed by atoms with E-state index in [2.05, 4.69) is 46.2 Å². The predicted molar refractivity (Wildman–Crippen MR) is 139 cm³/mol. The summed E-state index contributed by atoms with van der Waals surface area (Å²) in [4.78, 5) is 18.8. The molecular formula is C30H36N2O3. The molecule has 4 aliphatic rings. The summed E-state index contributed by atoms with van der Waals surface area (Å²) in [5, 5.41) is 10.1. The number of ketones is 1. The number of carbonyl (C=O) groups excluding carboxylic acids is 1. The summed E-state index contributed by atoms with van der Waals surface area (Å²) in [6.45, 7) is 7.62. The Kier molecular flexibility index (Phi) is 6.03. The van der Waals surface area contributed by atoms with Gasteiger partial charge in [0.15, 0.2) is 5.78 Å². The van der Waals surface area contributed by atoms with Crippen molar-refractivity contribution in [2.45, 2.75) is 57.1 Å². The second-order valence-corrected chi connectivity index (χ2v) is 10.8. The summed E-state index contributed by atoms with van der Waals surface area (Å²) in [5.74, 6) is 0.198. The minimum absolute atomic E-state index is 0.0803. The summed E-state index contributed by atoms with van der Waals surface area (Å²) in [6, 6.07) is 13.0. The van der Waals surface area contributed by atoms with E-state index in [0.717, 1.165) is 80.2 Å². The van der Waals surface area contributed by atoms with Crippen molar-refractivity contribution in [3.8, 4) is 0 Å². The summed E-state index contributed by atoms with van der Waals surface area (Å²) in [7, 11) is 0. The monoisotopic (exact) mass is 472 g/mol. The van der Waals surface area contributed by atoms with E-state index in [1.165, 1.54) is 24.0 Å². The van der Waals surface area contributed by atoms with Crippen LogP contribution in [0.3, 0.4) is 0 Å². The number of aliphatic hydroxyl groups excluding tert-OH is 1. The number of allylic oxidation sites excluding steroid dienone is 1. The topological polar surface area (TPSA) is 53.0 Å². The summed E-state index contributed by atoms with van der Waals surface area (Å²) in [5.41, 5.74) is 7.82. The van der Waals surface area contributed by atoms with Crippen molar-refractivity contribution in [2.24, 2.45) is 0 Å². The lowest BCUT2D eigenvalue weighted by Crippen LogP contribution is -2.43. The van der Waals surface area contributed by atoms with Crippen LogP contribution in [0.15, 0.2) is 42.5 Å². The average Bonchev–Trinajstić information content (AvgIpc) is 3.51. The highest BCUT2D eigenvalue weighted by molar-refractivity contribution is 6.03. The third kappa shape index (κ3) is 4.35. The number of nitrogens with zero attached hydrogens (tertiary/aromatic N) is 2. The maximum absolute atomic E-state index is 13.9. The number of Topliss-reactive ketones (excluding diaryl/α,β-unsaturated/α-hetero) is 1. The molecule has 5 heteroatoms. The molecule has 2 saturated heterocycles. The van der Waals surface area contributed by atoms with Crippen LogP contribution in [0.25, 0.3) is 5.57 Å². The quantitative estimate of drug-likeness (QED) is 0.634. The van der Waals surface area contributed by atoms with Crippen molar-refractivity contribution in [2.75, 3.05) is 44.3 Å². The number of morpholine rings is 1. The minimum atomic E-state index is -0.415. The zero-order valence-corrected chi connectivity index (χ0v) is 20.8. The van der Waals surface area contributed by atoms with Crippen LogP contribution in [-0.2, 0) is 23.1 Å². The van der Waals surface area contributed by atoms with Crippen molar-refractivity contribution < 1.29 is 14.6 Å². The molecule has 0 radical (unpaired) electrons. The molecule has 184 valence electrons. The molecule has 6 rings (SSSR count). The molecule has 3 fully saturated rings. The Morgan fingerprint density at radius 1 is 1.06 bits per heavy atom. The summed E-state index contributed by atoms with van der Waals surface area (Å²) >= 11 is 0. The molecular weight excluding hydrogens is 436 g/mol. The number of benzene rings is 2. The molecule has 2 aliphatic carbocycles. The molecule has 0 spiro atoms. The lowest BCUT2D eigenvalue weighted by atomic mass is 9.87. The summed E-state index contributed by atoms with van der Waals surface area (Å²) < 4.78 is 5.61. The van der Waals surface area contributed by atoms with E-state index in [9.17, 15) is 9.90 Å². The molecule has 1 unspecified atom stereocenters. The van der Waals surface area contributed by atoms with Gasteiger partial charge in [-0.05, 0) is 72.6 Å². The smallest absolute Gasteiger partial charge is 0.169 e. The van der Waals surface area contributed by atoms with Gasteiger partial charge in [0.05, 0.1) is 19.3 Å². The Balaban J connectivity index is 1.32. The van der Waals surface area contributed by atoms with Crippen LogP contribution in [0.2, 0.25) is 0 Å². The zero-order chi connectivity index (χ0) is 24.0. The standard InChI is InChI=1S/C30H36N2O3/c1-21-16-25(33)19-23-5-4-22(17-26(21)23)18-29(34)27-20-24(6-7-28(27)31-10-2-3-11-31)30(8-9-30)32-12-14-35-15-13-32/h4-7,16-17,20,25,33H,2-3,8-15,18-19H2,1H3. The first-order valence-electron chi connectivity index (χ1n) is 13.3. The van der Waals surface area contributed by atoms with Crippen LogP contribution >= 0.6 is 0 Å². The molecule has 0 bridgehead atoms. The van der Waals surface area contributed by atoms with Crippen molar-refractivity contribution in [3.63, 3.8) is 0 Å². The van der Waals surface area contributed by atoms with Gasteiger partial charge in [-0.3, -0.25) is 9.69 Å². The molecule has 5 nitrogen and oxygen atoms in total. The fraction of sp³-hybridized carbons (Fsp3) is 0.500. The number of ether oxygens (including phenoxy) is 1. The van der Waals surface area contributed by atoms with Gasteiger partial charge in [-0.2, -0.15) is 0 Å². The van der Waals surface area contributed by atoms with Gasteiger partial charge in [0.2, 0.25) is 0 Å². The Bertz CT molecular complexity index is 1150. The molecule has 35 heavy (non-hydrogen) atoms. The third-order valence-corrected chi connectivity index (χ3v) is 8.46. The van der Waals surface area contributed by atoms with Gasteiger partial charge < -0.3 is 14.7 Å². The van der Waals surface area contributed by atoms with Gasteiger partial charge in [-0.1, -0.05) is 30.3 Å². The van der Waals surface area contributed by atoms with Gasteiger partial charge in [-0.25, -0.2) is 0 Å². The van der Waals surface area contributed by atoms with E-state index < -0.39 is 6.10 Å². The lowest BCUT2D eigenvalue weighted by molar-refractivity contribution is 0.00834. The highest BCUT2D eigenvalue weighted by Gasteiger charge is 2.49. The number of rotatable bonds is 6. The van der Waals surface area contributed by atoms with E-state index >= 15 is 0 Å². The van der Waals surface area contributed by atoms with Crippen LogP contribution in [0.5, 0.6) is 0 Å². The second kappa shape index (κ2) is 9.20. The van der Waals surface area contributed by atoms with Gasteiger partial charge in [0, 0.05) is 55.8 Å². The predicted octanol–water partition coefficient (Wildman–Crippen LogP) is 4.35. The fourth-order valence-corrected chi connectivity index (χ4v) is 6.40. The molecule has 1 saturated carbocycles. The molecule has 2 aromatic carbocycles. The maximum atomic E-state index is 13.9. The highest BCUT2D eigenvalue weighted by atomic mass is 16.5. The average molecular weight is 473 g/mol. The van der Waals surface area contributed by atoms with Gasteiger partial charge in [-0.15, -0.1) is 0 Å². The highest BCUT2D eigenvalue weighted by Crippen LogP contribution is 2.52. The number of hydrogen-bond donors (Lipinski definition) is 1. The SMILES string of the molecule is CC1=CC(O)Cc2ccc(CC(=O)c3cc(C4(N5CCOCC5)CC4)ccc3N3CCCC3)cc21. The number of aliphatic hydroxyl groups is 1. The molecule has 1 atom stereocenters. The largest absolute Gasteiger partial charge is 0.389 e. The number of anilines is 1. The molecule has 0 amide bonds. The van der Waals surface area contributed by atoms with Crippen LogP contribution in [0.1, 0.15) is 65.2 Å². The van der Waals surface area contributed by atoms with Crippen LogP contribution in [0.4, 0.5) is 5.69 Å². The maximum Gasteiger partial charge on any atom is 0.169 e. The first-order chi connectivity index (χ1) is 17.0.